The van der Waals surface area contributed by atoms with Gasteiger partial charge in [0.2, 0.25) is 5.91 Å². The van der Waals surface area contributed by atoms with Crippen molar-refractivity contribution in [3.05, 3.63) is 35.9 Å². The summed E-state index contributed by atoms with van der Waals surface area (Å²) in [5.74, 6) is 0.718. The van der Waals surface area contributed by atoms with Crippen LogP contribution in [0.3, 0.4) is 0 Å². The van der Waals surface area contributed by atoms with E-state index in [4.69, 9.17) is 0 Å². The van der Waals surface area contributed by atoms with E-state index in [9.17, 15) is 4.79 Å². The molecular formula is C18H29Cl2N3O. The maximum atomic E-state index is 12.2. The van der Waals surface area contributed by atoms with Crippen LogP contribution >= 0.6 is 24.8 Å². The quantitative estimate of drug-likeness (QED) is 0.805. The smallest absolute Gasteiger partial charge is 0.220 e. The van der Waals surface area contributed by atoms with Crippen molar-refractivity contribution >= 4 is 30.7 Å². The van der Waals surface area contributed by atoms with Gasteiger partial charge < -0.3 is 10.6 Å². The fourth-order valence-corrected chi connectivity index (χ4v) is 3.62. The molecule has 0 aromatic heterocycles. The number of hydrogen-bond donors (Lipinski definition) is 2. The third-order valence-corrected chi connectivity index (χ3v) is 4.89. The molecule has 2 N–H and O–H groups in total. The number of carbonyl (C=O) groups excluding carboxylic acids is 1. The van der Waals surface area contributed by atoms with Crippen LogP contribution in [0, 0.1) is 5.92 Å². The first-order valence-electron chi connectivity index (χ1n) is 8.59. The average Bonchev–Trinajstić information content (AvgIpc) is 3.22. The first-order valence-corrected chi connectivity index (χ1v) is 8.59. The van der Waals surface area contributed by atoms with Gasteiger partial charge in [-0.25, -0.2) is 0 Å². The van der Waals surface area contributed by atoms with Crippen molar-refractivity contribution in [2.75, 3.05) is 32.7 Å². The molecule has 2 saturated heterocycles. The number of nitrogens with one attached hydrogen (secondary N) is 2. The molecule has 136 valence electrons. The van der Waals surface area contributed by atoms with E-state index in [2.05, 4.69) is 45.9 Å². The molecule has 1 aromatic carbocycles. The Morgan fingerprint density at radius 2 is 1.92 bits per heavy atom. The number of carbonyl (C=O) groups is 1. The van der Waals surface area contributed by atoms with Crippen molar-refractivity contribution in [2.24, 2.45) is 5.92 Å². The van der Waals surface area contributed by atoms with Crippen molar-refractivity contribution < 1.29 is 4.79 Å². The molecule has 0 bridgehead atoms. The van der Waals surface area contributed by atoms with Gasteiger partial charge in [0.05, 0.1) is 6.04 Å². The number of halogens is 2. The fourth-order valence-electron chi connectivity index (χ4n) is 3.62. The SMILES string of the molecule is Cl.Cl.O=C(CC1CCNC1)NCC(c1ccccc1)N1CCCC1. The molecule has 6 heteroatoms. The first-order chi connectivity index (χ1) is 10.8. The number of likely N-dealkylation sites (tertiary alicyclic amines) is 1. The second-order valence-corrected chi connectivity index (χ2v) is 6.54. The highest BCUT2D eigenvalue weighted by Crippen LogP contribution is 2.24. The monoisotopic (exact) mass is 373 g/mol. The van der Waals surface area contributed by atoms with Gasteiger partial charge >= 0.3 is 0 Å². The van der Waals surface area contributed by atoms with Gasteiger partial charge in [-0.2, -0.15) is 0 Å². The second kappa shape index (κ2) is 10.9. The number of nitrogens with zero attached hydrogens (tertiary/aromatic N) is 1. The number of hydrogen-bond acceptors (Lipinski definition) is 3. The topological polar surface area (TPSA) is 44.4 Å². The Bertz CT molecular complexity index is 474. The van der Waals surface area contributed by atoms with E-state index < -0.39 is 0 Å². The van der Waals surface area contributed by atoms with Crippen molar-refractivity contribution in [1.82, 2.24) is 15.5 Å². The molecule has 2 atom stereocenters. The van der Waals surface area contributed by atoms with E-state index in [1.165, 1.54) is 18.4 Å². The minimum atomic E-state index is 0. The number of benzene rings is 1. The number of amides is 1. The van der Waals surface area contributed by atoms with Gasteiger partial charge in [0, 0.05) is 13.0 Å². The van der Waals surface area contributed by atoms with Gasteiger partial charge in [-0.1, -0.05) is 30.3 Å². The Morgan fingerprint density at radius 1 is 1.21 bits per heavy atom. The molecule has 0 saturated carbocycles. The molecule has 2 aliphatic heterocycles. The van der Waals surface area contributed by atoms with E-state index in [1.54, 1.807) is 0 Å². The fraction of sp³-hybridized carbons (Fsp3) is 0.611. The normalized spacial score (nSPS) is 21.6. The van der Waals surface area contributed by atoms with Crippen LogP contribution in [0.25, 0.3) is 0 Å². The Hall–Kier alpha value is -0.810. The standard InChI is InChI=1S/C18H27N3O.2ClH/c22-18(12-15-8-9-19-13-15)20-14-17(21-10-4-5-11-21)16-6-2-1-3-7-16;;/h1-3,6-7,15,17,19H,4-5,8-14H2,(H,20,22);2*1H. The summed E-state index contributed by atoms with van der Waals surface area (Å²) in [6.45, 7) is 5.05. The lowest BCUT2D eigenvalue weighted by molar-refractivity contribution is -0.122. The highest BCUT2D eigenvalue weighted by molar-refractivity contribution is 5.85. The first kappa shape index (κ1) is 21.2. The molecule has 0 aliphatic carbocycles. The molecule has 2 fully saturated rings. The maximum absolute atomic E-state index is 12.2. The molecule has 2 unspecified atom stereocenters. The van der Waals surface area contributed by atoms with Crippen LogP contribution in [-0.4, -0.2) is 43.5 Å². The molecule has 0 radical (unpaired) electrons. The summed E-state index contributed by atoms with van der Waals surface area (Å²) in [7, 11) is 0. The largest absolute Gasteiger partial charge is 0.354 e. The van der Waals surface area contributed by atoms with Gasteiger partial charge in [-0.3, -0.25) is 9.69 Å². The van der Waals surface area contributed by atoms with E-state index in [0.717, 1.165) is 39.1 Å². The third-order valence-electron chi connectivity index (χ3n) is 4.89. The molecule has 1 aromatic rings. The van der Waals surface area contributed by atoms with Crippen LogP contribution in [-0.2, 0) is 4.79 Å². The van der Waals surface area contributed by atoms with Crippen LogP contribution in [0.1, 0.15) is 37.3 Å². The summed E-state index contributed by atoms with van der Waals surface area (Å²) in [5, 5.41) is 6.50. The lowest BCUT2D eigenvalue weighted by atomic mass is 10.0. The minimum absolute atomic E-state index is 0. The summed E-state index contributed by atoms with van der Waals surface area (Å²) in [6, 6.07) is 10.9. The highest BCUT2D eigenvalue weighted by Gasteiger charge is 2.24. The lowest BCUT2D eigenvalue weighted by Gasteiger charge is -2.28. The Labute approximate surface area is 157 Å². The molecule has 1 amide bonds. The van der Waals surface area contributed by atoms with E-state index in [1.807, 2.05) is 0 Å². The van der Waals surface area contributed by atoms with E-state index in [0.29, 0.717) is 18.4 Å². The second-order valence-electron chi connectivity index (χ2n) is 6.54. The summed E-state index contributed by atoms with van der Waals surface area (Å²) >= 11 is 0. The third kappa shape index (κ3) is 5.92. The Balaban J connectivity index is 0.00000144. The number of rotatable bonds is 6. The van der Waals surface area contributed by atoms with E-state index in [-0.39, 0.29) is 30.7 Å². The Morgan fingerprint density at radius 3 is 2.54 bits per heavy atom. The van der Waals surface area contributed by atoms with Gasteiger partial charge in [0.15, 0.2) is 0 Å². The lowest BCUT2D eigenvalue weighted by Crippen LogP contribution is -2.37. The summed E-state index contributed by atoms with van der Waals surface area (Å²) in [6.07, 6.45) is 4.33. The predicted molar refractivity (Wildman–Crippen MR) is 103 cm³/mol. The summed E-state index contributed by atoms with van der Waals surface area (Å²) in [5.41, 5.74) is 1.31. The van der Waals surface area contributed by atoms with Crippen LogP contribution in [0.2, 0.25) is 0 Å². The molecule has 3 rings (SSSR count). The molecular weight excluding hydrogens is 345 g/mol. The van der Waals surface area contributed by atoms with Crippen molar-refractivity contribution in [3.63, 3.8) is 0 Å². The van der Waals surface area contributed by atoms with Crippen molar-refractivity contribution in [2.45, 2.75) is 31.7 Å². The zero-order valence-electron chi connectivity index (χ0n) is 14.1. The van der Waals surface area contributed by atoms with Gasteiger partial charge in [-0.05, 0) is 56.9 Å². The van der Waals surface area contributed by atoms with E-state index >= 15 is 0 Å². The van der Waals surface area contributed by atoms with Gasteiger partial charge in [-0.15, -0.1) is 24.8 Å². The zero-order chi connectivity index (χ0) is 15.2. The predicted octanol–water partition coefficient (Wildman–Crippen LogP) is 2.78. The molecule has 4 nitrogen and oxygen atoms in total. The minimum Gasteiger partial charge on any atom is -0.354 e. The Kier molecular flexibility index (Phi) is 9.67. The summed E-state index contributed by atoms with van der Waals surface area (Å²) in [4.78, 5) is 14.7. The molecule has 0 spiro atoms. The van der Waals surface area contributed by atoms with Gasteiger partial charge in [0.1, 0.15) is 0 Å². The summed E-state index contributed by atoms with van der Waals surface area (Å²) < 4.78 is 0. The molecule has 2 heterocycles. The zero-order valence-corrected chi connectivity index (χ0v) is 15.7. The molecule has 2 aliphatic rings. The molecule has 24 heavy (non-hydrogen) atoms. The van der Waals surface area contributed by atoms with Crippen LogP contribution in [0.4, 0.5) is 0 Å². The van der Waals surface area contributed by atoms with Crippen LogP contribution in [0.5, 0.6) is 0 Å². The van der Waals surface area contributed by atoms with Crippen molar-refractivity contribution in [3.8, 4) is 0 Å². The maximum Gasteiger partial charge on any atom is 0.220 e. The highest BCUT2D eigenvalue weighted by atomic mass is 35.5. The average molecular weight is 374 g/mol. The van der Waals surface area contributed by atoms with Crippen molar-refractivity contribution in [1.29, 1.82) is 0 Å². The van der Waals surface area contributed by atoms with Gasteiger partial charge in [0.25, 0.3) is 0 Å². The van der Waals surface area contributed by atoms with Crippen LogP contribution < -0.4 is 10.6 Å². The van der Waals surface area contributed by atoms with Crippen LogP contribution in [0.15, 0.2) is 30.3 Å².